The van der Waals surface area contributed by atoms with Gasteiger partial charge in [-0.05, 0) is 156 Å². The second kappa shape index (κ2) is 107. The van der Waals surface area contributed by atoms with E-state index in [1.165, 1.54) is 107 Å². The number of halogens is 7. The van der Waals surface area contributed by atoms with Crippen LogP contribution in [0, 0.1) is 17.9 Å². The SMILES string of the molecule is CCO.CCOC(=O)C(=O)CN.CCOC(=O)C(=O)CNC(=O)Cc1ccc(Cl)cc1.CCOC(=O)c1nnc(Cc2ccc(Cl)cc2)o1.N#Cc1cccc(CN)c1.O=C(O)Cc1ccc(Cl)cc1.O=P(Cl)(Cl)Cl.S=S=S=S=S=S.S=S=S=S=S=S=S.S=S=S=S=S=S=S=S.S=S=S=S=S=S=S=S=S.S=S=S=S=S=S=S=S=S=S.[C-]#[N+]c1cccc(CCC(=O)c2nnc(Cc3ccc(Cl)cc3)o2)c1. The van der Waals surface area contributed by atoms with Crippen molar-refractivity contribution in [2.45, 2.75) is 72.8 Å². The van der Waals surface area contributed by atoms with Gasteiger partial charge < -0.3 is 50.0 Å². The average Bonchev–Trinajstić information content (AvgIpc) is 1.72. The van der Waals surface area contributed by atoms with Crippen LogP contribution in [0.4, 0.5) is 5.69 Å². The molecule has 2 aromatic heterocycles. The summed E-state index contributed by atoms with van der Waals surface area (Å²) >= 11 is 82.8. The molecular formula is C67H69Cl7N9O16PS40. The van der Waals surface area contributed by atoms with Crippen LogP contribution in [0.1, 0.15) is 106 Å². The van der Waals surface area contributed by atoms with Crippen LogP contribution in [0.15, 0.2) is 154 Å². The van der Waals surface area contributed by atoms with E-state index in [0.29, 0.717) is 68.9 Å². The molecule has 1 amide bonds. The van der Waals surface area contributed by atoms with Crippen LogP contribution in [0.2, 0.25) is 20.1 Å². The Balaban J connectivity index is -0.000000486. The lowest BCUT2D eigenvalue weighted by Gasteiger charge is -2.04. The Morgan fingerprint density at radius 2 is 0.779 bits per heavy atom. The van der Waals surface area contributed by atoms with Gasteiger partial charge in [0.25, 0.3) is 17.5 Å². The Kier molecular flexibility index (Phi) is 114. The predicted molar refractivity (Wildman–Crippen MR) is 673 cm³/mol. The van der Waals surface area contributed by atoms with Crippen molar-refractivity contribution in [3.8, 4) is 6.07 Å². The van der Waals surface area contributed by atoms with E-state index in [0.717, 1.165) is 33.4 Å². The summed E-state index contributed by atoms with van der Waals surface area (Å²) in [5.41, 5.74) is 16.9. The summed E-state index contributed by atoms with van der Waals surface area (Å²) in [5.74, 6) is -4.58. The fraction of sp³-hybridized carbons (Fsp3) is 0.254. The van der Waals surface area contributed by atoms with Gasteiger partial charge >= 0.3 is 35.0 Å². The Morgan fingerprint density at radius 3 is 1.12 bits per heavy atom. The monoisotopic (exact) mass is 2810 g/mol. The number of aliphatic carboxylic acids is 1. The average molecular weight is 2820 g/mol. The number of aliphatic hydroxyl groups excluding tert-OH is 1. The minimum absolute atomic E-state index is 0.0188. The number of carbonyl (C=O) groups excluding carboxylic acids is 7. The number of hydrogen-bond donors (Lipinski definition) is 5. The van der Waals surface area contributed by atoms with Crippen molar-refractivity contribution in [1.29, 1.82) is 5.26 Å². The van der Waals surface area contributed by atoms with Crippen molar-refractivity contribution in [2.75, 3.05) is 39.5 Å². The number of hydrogen-bond acceptors (Lipinski definition) is 32. The number of aryl methyl sites for hydroxylation is 1. The number of carboxylic acids is 1. The quantitative estimate of drug-likeness (QED) is 0.0105. The lowest BCUT2D eigenvalue weighted by atomic mass is 10.1. The number of aromatic nitrogens is 4. The van der Waals surface area contributed by atoms with Crippen molar-refractivity contribution in [1.82, 2.24) is 25.7 Å². The van der Waals surface area contributed by atoms with Crippen molar-refractivity contribution < 1.29 is 76.2 Å². The van der Waals surface area contributed by atoms with Crippen LogP contribution in [0.3, 0.4) is 0 Å². The van der Waals surface area contributed by atoms with Gasteiger partial charge in [0.1, 0.15) is 0 Å². The highest BCUT2D eigenvalue weighted by Crippen LogP contribution is 2.61. The number of nitrogens with two attached hydrogens (primary N) is 2. The van der Waals surface area contributed by atoms with Gasteiger partial charge in [0.05, 0.1) is 76.8 Å². The second-order valence-corrected chi connectivity index (χ2v) is 82.5. The Morgan fingerprint density at radius 1 is 0.457 bits per heavy atom. The number of rotatable bonds is 22. The zero-order chi connectivity index (χ0) is 106. The standard InChI is InChI=1S/C19H14ClN3O2.C13H14ClNO4.C12H11ClN2O3.C8H7ClO2.C8H8N2.C5H9NO3.C2H6O.Cl3OP.S10.S9.S8.S7.S6/c1-21-16-4-2-3-13(11-16)7-10-17(24)19-23-22-18(25-19)12-14-5-8-15(20)9-6-14;1-2-19-13(18)11(16)8-15-12(17)7-9-3-5-10(14)6-4-9;1-2-17-12(16)11-15-14-10(18-11)7-8-3-5-9(13)6-4-8;9-7-3-1-6(2-4-7)5-8(10)11;9-5-7-2-1-3-8(4-7)6-10;1-2-9-5(8)4(7)3-6;1-2-3;1-5(2,3)4;1-3-5-7-9-10-8-6-4-2;1-3-5-7-9-8-6-4-2;1-3-5-7-8-6-4-2;1-3-5-7-6-4-2;1-3-5-6-4-2/h2-6,8-9,11H,7,10,12H2;3-6H,2,7-8H2,1H3,(H,15,17);3-6H,2,7H2,1H3;1-4H,5H2,(H,10,11);1-4H,5,9H2;2-3,6H2,1H3;3H,2H2,1H3;;;;;;. The molecule has 8 aromatic rings. The van der Waals surface area contributed by atoms with E-state index in [-0.39, 0.29) is 82.3 Å². The molecule has 6 aromatic carbocycles. The molecule has 0 spiro atoms. The maximum absolute atomic E-state index is 12.2. The molecule has 0 bridgehead atoms. The minimum Gasteiger partial charge on any atom is -0.481 e. The highest BCUT2D eigenvalue weighted by Gasteiger charge is 2.19. The number of nitriles is 1. The molecule has 7 N–H and O–H groups in total. The van der Waals surface area contributed by atoms with Gasteiger partial charge in [-0.2, -0.15) is 5.26 Å². The van der Waals surface area contributed by atoms with Crippen molar-refractivity contribution in [3.63, 3.8) is 0 Å². The lowest BCUT2D eigenvalue weighted by Crippen LogP contribution is -2.34. The zero-order valence-electron chi connectivity index (χ0n) is 70.4. The summed E-state index contributed by atoms with van der Waals surface area (Å²) in [4.78, 5) is 91.5. The number of carboxylic acid groups (broad SMARTS) is 1. The number of nitrogens with one attached hydrogen (secondary N) is 1. The Bertz CT molecular complexity index is 6750. The second-order valence-electron chi connectivity index (χ2n) is 21.1. The Labute approximate surface area is 977 Å². The summed E-state index contributed by atoms with van der Waals surface area (Å²) in [6.07, 6.45) is 1.85. The number of Topliss-reactive ketones (excluding diaryl/α,β-unsaturated/α-hetero) is 3. The number of amides is 1. The molecule has 0 saturated carbocycles. The molecule has 0 aliphatic heterocycles. The maximum Gasteiger partial charge on any atom is 0.396 e. The number of ketones is 3. The summed E-state index contributed by atoms with van der Waals surface area (Å²) in [6.45, 7) is 14.4. The van der Waals surface area contributed by atoms with Gasteiger partial charge in [-0.25, -0.2) is 19.2 Å². The topological polar surface area (TPSA) is 392 Å². The van der Waals surface area contributed by atoms with Crippen LogP contribution < -0.4 is 16.8 Å². The van der Waals surface area contributed by atoms with Gasteiger partial charge in [-0.3, -0.25) is 28.5 Å². The molecule has 0 aliphatic carbocycles. The first-order valence-electron chi connectivity index (χ1n) is 35.2. The van der Waals surface area contributed by atoms with E-state index in [1.807, 2.05) is 54.6 Å². The van der Waals surface area contributed by atoms with E-state index in [2.05, 4.69) is 186 Å². The fourth-order valence-electron chi connectivity index (χ4n) is 7.12. The predicted octanol–water partition coefficient (Wildman–Crippen LogP) is 13.1. The third-order valence-corrected chi connectivity index (χ3v) is 68.6. The van der Waals surface area contributed by atoms with Gasteiger partial charge in [0.2, 0.25) is 23.5 Å². The van der Waals surface area contributed by atoms with Crippen LogP contribution in [0.5, 0.6) is 0 Å². The highest BCUT2D eigenvalue weighted by molar-refractivity contribution is 8.74. The number of ether oxygens (including phenoxy) is 3. The van der Waals surface area contributed by atoms with Gasteiger partial charge in [0, 0.05) is 418 Å². The first kappa shape index (κ1) is 148. The van der Waals surface area contributed by atoms with Crippen LogP contribution in [0.25, 0.3) is 4.85 Å². The number of benzene rings is 6. The fourth-order valence-corrected chi connectivity index (χ4v) is 62.5. The number of nitrogens with zero attached hydrogens (tertiary/aromatic N) is 6. The molecular weight excluding hydrogens is 2750 g/mol. The number of esters is 3. The summed E-state index contributed by atoms with van der Waals surface area (Å²) in [6, 6.07) is 44.7. The molecule has 0 radical (unpaired) electrons. The van der Waals surface area contributed by atoms with E-state index in [1.54, 1.807) is 285 Å². The van der Waals surface area contributed by atoms with Crippen molar-refractivity contribution >= 4 is 516 Å². The molecule has 8 rings (SSSR count). The van der Waals surface area contributed by atoms with E-state index >= 15 is 0 Å². The van der Waals surface area contributed by atoms with Crippen LogP contribution >= 0.6 is 85.3 Å². The Hall–Kier alpha value is -0.120. The van der Waals surface area contributed by atoms with Gasteiger partial charge in [-0.15, -0.1) is 20.4 Å². The summed E-state index contributed by atoms with van der Waals surface area (Å²) in [5, 5.41) is 41.3. The van der Waals surface area contributed by atoms with E-state index in [9.17, 15) is 42.9 Å². The highest BCUT2D eigenvalue weighted by atomic mass is 36.0. The van der Waals surface area contributed by atoms with Crippen LogP contribution in [-0.2, 0) is 464 Å². The van der Waals surface area contributed by atoms with Crippen molar-refractivity contribution in [2.24, 2.45) is 11.5 Å². The maximum atomic E-state index is 12.2. The molecule has 73 heteroatoms. The third kappa shape index (κ3) is 98.6. The normalized spacial score (nSPS) is 8.86. The third-order valence-electron chi connectivity index (χ3n) is 12.0. The molecule has 0 unspecified atom stereocenters. The van der Waals surface area contributed by atoms with E-state index in [4.69, 9.17) is 93.5 Å². The molecule has 0 saturated heterocycles. The van der Waals surface area contributed by atoms with Crippen molar-refractivity contribution in [3.05, 3.63) is 240 Å². The first-order chi connectivity index (χ1) is 67.1. The number of carbonyl (C=O) groups is 8. The molecule has 0 atom stereocenters. The van der Waals surface area contributed by atoms with Gasteiger partial charge in [0.15, 0.2) is 5.69 Å². The first-order valence-corrected chi connectivity index (χ1v) is 87.8. The summed E-state index contributed by atoms with van der Waals surface area (Å²) in [7, 11) is 45.7. The lowest BCUT2D eigenvalue weighted by molar-refractivity contribution is -0.153. The largest absolute Gasteiger partial charge is 0.481 e. The summed E-state index contributed by atoms with van der Waals surface area (Å²) < 4.78 is 33.8. The molecule has 25 nitrogen and oxygen atoms in total. The number of aliphatic hydroxyl groups is 1. The zero-order valence-corrected chi connectivity index (χ0v) is 109. The molecule has 772 valence electrons. The van der Waals surface area contributed by atoms with E-state index < -0.39 is 40.6 Å². The molecule has 0 aliphatic rings. The minimum atomic E-state index is -3.22. The smallest absolute Gasteiger partial charge is 0.396 e. The molecule has 2 heterocycles. The van der Waals surface area contributed by atoms with Crippen LogP contribution in [-0.4, -0.2) is 117 Å². The van der Waals surface area contributed by atoms with Gasteiger partial charge in [-0.1, -0.05) is 137 Å². The molecule has 0 fully saturated rings. The molecule has 140 heavy (non-hydrogen) atoms.